The summed E-state index contributed by atoms with van der Waals surface area (Å²) in [6.07, 6.45) is 7.80. The Labute approximate surface area is 110 Å². The monoisotopic (exact) mass is 299 g/mol. The number of hydrogen-bond acceptors (Lipinski definition) is 3. The van der Waals surface area contributed by atoms with E-state index in [1.165, 1.54) is 0 Å². The van der Waals surface area contributed by atoms with Crippen molar-refractivity contribution in [1.82, 2.24) is 9.55 Å². The van der Waals surface area contributed by atoms with Gasteiger partial charge in [0.25, 0.3) is 5.56 Å². The van der Waals surface area contributed by atoms with Gasteiger partial charge < -0.3 is 9.88 Å². The molecule has 1 saturated carbocycles. The largest absolute Gasteiger partial charge is 0.365 e. The van der Waals surface area contributed by atoms with Gasteiger partial charge in [0, 0.05) is 29.8 Å². The molecule has 1 unspecified atom stereocenters. The Bertz CT molecular complexity index is 428. The summed E-state index contributed by atoms with van der Waals surface area (Å²) in [6, 6.07) is 0.408. The van der Waals surface area contributed by atoms with Gasteiger partial charge in [-0.25, -0.2) is 4.98 Å². The Morgan fingerprint density at radius 2 is 2.41 bits per heavy atom. The first-order valence-electron chi connectivity index (χ1n) is 6.17. The summed E-state index contributed by atoms with van der Waals surface area (Å²) in [4.78, 5) is 16.6. The molecule has 94 valence electrons. The van der Waals surface area contributed by atoms with Crippen molar-refractivity contribution in [3.8, 4) is 0 Å². The maximum Gasteiger partial charge on any atom is 0.293 e. The number of nitrogens with zero attached hydrogens (tertiary/aromatic N) is 2. The summed E-state index contributed by atoms with van der Waals surface area (Å²) in [5.41, 5.74) is 0.0117. The Morgan fingerprint density at radius 3 is 3.06 bits per heavy atom. The minimum Gasteiger partial charge on any atom is -0.365 e. The molecule has 0 spiro atoms. The number of halogens is 1. The minimum atomic E-state index is 0.0117. The van der Waals surface area contributed by atoms with E-state index in [1.807, 2.05) is 0 Å². The number of aromatic nitrogens is 2. The van der Waals surface area contributed by atoms with E-state index < -0.39 is 0 Å². The van der Waals surface area contributed by atoms with E-state index in [4.69, 9.17) is 0 Å². The third-order valence-electron chi connectivity index (χ3n) is 3.00. The molecule has 1 fully saturated rings. The molecule has 1 aliphatic rings. The molecule has 2 rings (SSSR count). The van der Waals surface area contributed by atoms with Gasteiger partial charge in [-0.15, -0.1) is 0 Å². The molecule has 1 heterocycles. The quantitative estimate of drug-likeness (QED) is 0.821. The number of rotatable bonds is 6. The molecule has 1 atom stereocenters. The summed E-state index contributed by atoms with van der Waals surface area (Å²) >= 11 is 3.57. The Kier molecular flexibility index (Phi) is 4.20. The van der Waals surface area contributed by atoms with Gasteiger partial charge in [0.05, 0.1) is 0 Å². The van der Waals surface area contributed by atoms with Crippen LogP contribution in [0, 0.1) is 0 Å². The van der Waals surface area contributed by atoms with E-state index in [0.717, 1.165) is 32.2 Å². The Morgan fingerprint density at radius 1 is 1.65 bits per heavy atom. The van der Waals surface area contributed by atoms with Crippen molar-refractivity contribution in [2.75, 3.05) is 11.9 Å². The Hall–Kier alpha value is -0.840. The van der Waals surface area contributed by atoms with Crippen LogP contribution in [-0.4, -0.2) is 20.9 Å². The molecule has 0 bridgehead atoms. The lowest BCUT2D eigenvalue weighted by atomic mass is 10.2. The van der Waals surface area contributed by atoms with Crippen molar-refractivity contribution in [1.29, 1.82) is 0 Å². The van der Waals surface area contributed by atoms with E-state index in [-0.39, 0.29) is 5.56 Å². The first-order valence-corrected chi connectivity index (χ1v) is 7.09. The number of hydrogen-bond donors (Lipinski definition) is 1. The lowest BCUT2D eigenvalue weighted by Gasteiger charge is -2.09. The smallest absolute Gasteiger partial charge is 0.293 e. The van der Waals surface area contributed by atoms with Crippen molar-refractivity contribution in [3.05, 3.63) is 22.7 Å². The van der Waals surface area contributed by atoms with E-state index in [0.29, 0.717) is 16.7 Å². The number of anilines is 1. The normalized spacial score (nSPS) is 16.8. The first kappa shape index (κ1) is 12.6. The molecule has 1 N–H and O–H groups in total. The van der Waals surface area contributed by atoms with Crippen molar-refractivity contribution < 1.29 is 0 Å². The topological polar surface area (TPSA) is 46.9 Å². The van der Waals surface area contributed by atoms with Gasteiger partial charge in [-0.3, -0.25) is 4.79 Å². The third-order valence-corrected chi connectivity index (χ3v) is 4.11. The number of nitrogens with one attached hydrogen (secondary N) is 1. The van der Waals surface area contributed by atoms with Gasteiger partial charge in [-0.1, -0.05) is 22.9 Å². The van der Waals surface area contributed by atoms with Crippen LogP contribution in [0.1, 0.15) is 38.6 Å². The second-order valence-corrected chi connectivity index (χ2v) is 5.74. The second-order valence-electron chi connectivity index (χ2n) is 4.44. The fourth-order valence-corrected chi connectivity index (χ4v) is 1.97. The van der Waals surface area contributed by atoms with Crippen molar-refractivity contribution in [2.45, 2.75) is 43.5 Å². The zero-order valence-electron chi connectivity index (χ0n) is 10.0. The summed E-state index contributed by atoms with van der Waals surface area (Å²) in [7, 11) is 0. The van der Waals surface area contributed by atoms with E-state index >= 15 is 0 Å². The van der Waals surface area contributed by atoms with Crippen LogP contribution >= 0.6 is 15.9 Å². The molecule has 1 aromatic heterocycles. The maximum absolute atomic E-state index is 12.0. The predicted molar refractivity (Wildman–Crippen MR) is 72.9 cm³/mol. The molecule has 5 heteroatoms. The standard InChI is InChI=1S/C12H18BrN3O/c1-2-9(13)5-6-14-11-12(17)16(8-7-15-11)10-3-4-10/h7-10H,2-6H2,1H3,(H,14,15). The van der Waals surface area contributed by atoms with E-state index in [1.54, 1.807) is 17.0 Å². The van der Waals surface area contributed by atoms with Gasteiger partial charge in [-0.05, 0) is 25.7 Å². The zero-order chi connectivity index (χ0) is 12.3. The fourth-order valence-electron chi connectivity index (χ4n) is 1.74. The minimum absolute atomic E-state index is 0.0117. The van der Waals surface area contributed by atoms with Crippen LogP contribution < -0.4 is 10.9 Å². The highest BCUT2D eigenvalue weighted by Gasteiger charge is 2.25. The van der Waals surface area contributed by atoms with Crippen LogP contribution in [0.25, 0.3) is 0 Å². The highest BCUT2D eigenvalue weighted by atomic mass is 79.9. The molecule has 0 aliphatic heterocycles. The van der Waals surface area contributed by atoms with Crippen LogP contribution in [-0.2, 0) is 0 Å². The van der Waals surface area contributed by atoms with Crippen molar-refractivity contribution in [3.63, 3.8) is 0 Å². The van der Waals surface area contributed by atoms with Crippen LogP contribution in [0.3, 0.4) is 0 Å². The molecule has 0 radical (unpaired) electrons. The summed E-state index contributed by atoms with van der Waals surface area (Å²) in [6.45, 7) is 2.92. The average molecular weight is 300 g/mol. The lowest BCUT2D eigenvalue weighted by molar-refractivity contribution is 0.697. The molecular formula is C12H18BrN3O. The molecule has 4 nitrogen and oxygen atoms in total. The highest BCUT2D eigenvalue weighted by molar-refractivity contribution is 9.09. The molecular weight excluding hydrogens is 282 g/mol. The van der Waals surface area contributed by atoms with Gasteiger partial charge >= 0.3 is 0 Å². The van der Waals surface area contributed by atoms with E-state index in [2.05, 4.69) is 33.2 Å². The second kappa shape index (κ2) is 5.67. The van der Waals surface area contributed by atoms with Gasteiger partial charge in [0.2, 0.25) is 0 Å². The SMILES string of the molecule is CCC(Br)CCNc1nccn(C2CC2)c1=O. The molecule has 0 amide bonds. The zero-order valence-corrected chi connectivity index (χ0v) is 11.6. The molecule has 17 heavy (non-hydrogen) atoms. The van der Waals surface area contributed by atoms with Gasteiger partial charge in [-0.2, -0.15) is 0 Å². The molecule has 0 aromatic carbocycles. The predicted octanol–water partition coefficient (Wildman–Crippen LogP) is 2.55. The van der Waals surface area contributed by atoms with Crippen LogP contribution in [0.15, 0.2) is 17.2 Å². The third kappa shape index (κ3) is 3.31. The Balaban J connectivity index is 1.96. The van der Waals surface area contributed by atoms with Crippen LogP contribution in [0.2, 0.25) is 0 Å². The van der Waals surface area contributed by atoms with Crippen molar-refractivity contribution >= 4 is 21.7 Å². The van der Waals surface area contributed by atoms with Gasteiger partial charge in [0.15, 0.2) is 5.82 Å². The summed E-state index contributed by atoms with van der Waals surface area (Å²) < 4.78 is 1.79. The first-order chi connectivity index (χ1) is 8.22. The van der Waals surface area contributed by atoms with E-state index in [9.17, 15) is 4.79 Å². The van der Waals surface area contributed by atoms with Gasteiger partial charge in [0.1, 0.15) is 0 Å². The average Bonchev–Trinajstić information content (AvgIpc) is 3.15. The fraction of sp³-hybridized carbons (Fsp3) is 0.667. The molecule has 1 aromatic rings. The molecule has 0 saturated heterocycles. The molecule has 1 aliphatic carbocycles. The van der Waals surface area contributed by atoms with Crippen LogP contribution in [0.4, 0.5) is 5.82 Å². The number of alkyl halides is 1. The lowest BCUT2D eigenvalue weighted by Crippen LogP contribution is -2.24. The maximum atomic E-state index is 12.0. The highest BCUT2D eigenvalue weighted by Crippen LogP contribution is 2.33. The summed E-state index contributed by atoms with van der Waals surface area (Å²) in [5, 5.41) is 3.13. The van der Waals surface area contributed by atoms with Crippen LogP contribution in [0.5, 0.6) is 0 Å². The van der Waals surface area contributed by atoms with Crippen molar-refractivity contribution in [2.24, 2.45) is 0 Å². The summed E-state index contributed by atoms with van der Waals surface area (Å²) in [5.74, 6) is 0.482.